The molecule has 0 radical (unpaired) electrons. The van der Waals surface area contributed by atoms with Gasteiger partial charge in [-0.15, -0.1) is 11.3 Å². The van der Waals surface area contributed by atoms with E-state index >= 15 is 0 Å². The minimum atomic E-state index is 1.04. The first kappa shape index (κ1) is 9.94. The van der Waals surface area contributed by atoms with Gasteiger partial charge in [-0.3, -0.25) is 0 Å². The van der Waals surface area contributed by atoms with Crippen LogP contribution in [0.4, 0.5) is 0 Å². The minimum absolute atomic E-state index is 1.04. The van der Waals surface area contributed by atoms with Gasteiger partial charge in [-0.1, -0.05) is 28.1 Å². The Morgan fingerprint density at radius 1 is 1.21 bits per heavy atom. The lowest BCUT2D eigenvalue weighted by Crippen LogP contribution is -1.83. The highest BCUT2D eigenvalue weighted by Gasteiger charge is 1.99. The van der Waals surface area contributed by atoms with Crippen LogP contribution < -0.4 is 0 Å². The summed E-state index contributed by atoms with van der Waals surface area (Å²) in [6.07, 6.45) is 1.04. The standard InChI is InChI=1S/C12H11BrS/c1-9-5-6-12(14-9)8-10-3-2-4-11(13)7-10/h2-7H,8H2,1H3. The zero-order valence-electron chi connectivity index (χ0n) is 7.96. The normalized spacial score (nSPS) is 10.4. The Morgan fingerprint density at radius 3 is 2.71 bits per heavy atom. The number of hydrogen-bond acceptors (Lipinski definition) is 1. The van der Waals surface area contributed by atoms with Crippen molar-refractivity contribution in [3.63, 3.8) is 0 Å². The van der Waals surface area contributed by atoms with Gasteiger partial charge in [0.2, 0.25) is 0 Å². The van der Waals surface area contributed by atoms with Gasteiger partial charge in [0.1, 0.15) is 0 Å². The molecule has 1 aromatic carbocycles. The first-order valence-electron chi connectivity index (χ1n) is 4.54. The minimum Gasteiger partial charge on any atom is -0.145 e. The third-order valence-corrected chi connectivity index (χ3v) is 3.56. The molecule has 0 fully saturated rings. The molecule has 2 heteroatoms. The van der Waals surface area contributed by atoms with Gasteiger partial charge in [0.05, 0.1) is 0 Å². The van der Waals surface area contributed by atoms with Crippen LogP contribution in [-0.2, 0) is 6.42 Å². The molecule has 0 bridgehead atoms. The van der Waals surface area contributed by atoms with E-state index in [0.29, 0.717) is 0 Å². The predicted octanol–water partition coefficient (Wildman–Crippen LogP) is 4.41. The molecule has 2 rings (SSSR count). The highest BCUT2D eigenvalue weighted by atomic mass is 79.9. The first-order chi connectivity index (χ1) is 6.74. The van der Waals surface area contributed by atoms with E-state index in [4.69, 9.17) is 0 Å². The summed E-state index contributed by atoms with van der Waals surface area (Å²) in [5, 5.41) is 0. The molecular formula is C12H11BrS. The maximum atomic E-state index is 3.48. The van der Waals surface area contributed by atoms with E-state index in [9.17, 15) is 0 Å². The zero-order valence-corrected chi connectivity index (χ0v) is 10.4. The summed E-state index contributed by atoms with van der Waals surface area (Å²) in [4.78, 5) is 2.82. The summed E-state index contributed by atoms with van der Waals surface area (Å²) in [7, 11) is 0. The molecule has 0 aliphatic heterocycles. The third kappa shape index (κ3) is 2.46. The van der Waals surface area contributed by atoms with E-state index in [0.717, 1.165) is 10.9 Å². The van der Waals surface area contributed by atoms with Crippen LogP contribution in [-0.4, -0.2) is 0 Å². The first-order valence-corrected chi connectivity index (χ1v) is 6.15. The summed E-state index contributed by atoms with van der Waals surface area (Å²) < 4.78 is 1.16. The van der Waals surface area contributed by atoms with Gasteiger partial charge in [-0.2, -0.15) is 0 Å². The van der Waals surface area contributed by atoms with Gasteiger partial charge < -0.3 is 0 Å². The van der Waals surface area contributed by atoms with Crippen LogP contribution in [0, 0.1) is 6.92 Å². The van der Waals surface area contributed by atoms with Crippen LogP contribution in [0.1, 0.15) is 15.3 Å². The van der Waals surface area contributed by atoms with Gasteiger partial charge in [0.25, 0.3) is 0 Å². The second-order valence-corrected chi connectivity index (χ2v) is 5.61. The van der Waals surface area contributed by atoms with E-state index in [1.165, 1.54) is 15.3 Å². The molecule has 1 heterocycles. The lowest BCUT2D eigenvalue weighted by atomic mass is 10.1. The molecule has 0 amide bonds. The van der Waals surface area contributed by atoms with Crippen molar-refractivity contribution in [2.75, 3.05) is 0 Å². The van der Waals surface area contributed by atoms with Crippen LogP contribution in [0.5, 0.6) is 0 Å². The summed E-state index contributed by atoms with van der Waals surface area (Å²) in [6.45, 7) is 2.15. The highest BCUT2D eigenvalue weighted by molar-refractivity contribution is 9.10. The molecule has 1 aromatic heterocycles. The van der Waals surface area contributed by atoms with Crippen molar-refractivity contribution in [2.45, 2.75) is 13.3 Å². The topological polar surface area (TPSA) is 0 Å². The Labute approximate surface area is 96.7 Å². The fourth-order valence-corrected chi connectivity index (χ4v) is 2.80. The molecule has 0 atom stereocenters. The number of hydrogen-bond donors (Lipinski definition) is 0. The lowest BCUT2D eigenvalue weighted by molar-refractivity contribution is 1.24. The van der Waals surface area contributed by atoms with Crippen molar-refractivity contribution >= 4 is 27.3 Å². The average molecular weight is 267 g/mol. The SMILES string of the molecule is Cc1ccc(Cc2cccc(Br)c2)s1. The second kappa shape index (κ2) is 4.28. The lowest BCUT2D eigenvalue weighted by Gasteiger charge is -1.98. The van der Waals surface area contributed by atoms with E-state index in [1.54, 1.807) is 0 Å². The maximum absolute atomic E-state index is 3.48. The molecular weight excluding hydrogens is 256 g/mol. The van der Waals surface area contributed by atoms with Crippen molar-refractivity contribution in [1.29, 1.82) is 0 Å². The van der Waals surface area contributed by atoms with E-state index in [2.05, 4.69) is 59.3 Å². The van der Waals surface area contributed by atoms with Crippen LogP contribution in [0.15, 0.2) is 40.9 Å². The van der Waals surface area contributed by atoms with Gasteiger partial charge >= 0.3 is 0 Å². The van der Waals surface area contributed by atoms with E-state index < -0.39 is 0 Å². The molecule has 14 heavy (non-hydrogen) atoms. The summed E-state index contributed by atoms with van der Waals surface area (Å²) in [5.74, 6) is 0. The number of thiophene rings is 1. The Balaban J connectivity index is 2.18. The third-order valence-electron chi connectivity index (χ3n) is 2.06. The molecule has 0 aliphatic carbocycles. The number of halogens is 1. The van der Waals surface area contributed by atoms with Crippen LogP contribution in [0.25, 0.3) is 0 Å². The molecule has 0 nitrogen and oxygen atoms in total. The quantitative estimate of drug-likeness (QED) is 0.756. The van der Waals surface area contributed by atoms with Crippen molar-refractivity contribution in [3.8, 4) is 0 Å². The monoisotopic (exact) mass is 266 g/mol. The molecule has 0 saturated heterocycles. The van der Waals surface area contributed by atoms with Gasteiger partial charge in [-0.05, 0) is 36.8 Å². The number of rotatable bonds is 2. The molecule has 0 unspecified atom stereocenters. The summed E-state index contributed by atoms with van der Waals surface area (Å²) in [6, 6.07) is 12.9. The number of benzene rings is 1. The molecule has 72 valence electrons. The van der Waals surface area contributed by atoms with E-state index in [-0.39, 0.29) is 0 Å². The Kier molecular flexibility index (Phi) is 3.04. The average Bonchev–Trinajstić information content (AvgIpc) is 2.51. The Hall–Kier alpha value is -0.600. The molecule has 0 spiro atoms. The van der Waals surface area contributed by atoms with Crippen molar-refractivity contribution < 1.29 is 0 Å². The van der Waals surface area contributed by atoms with Gasteiger partial charge in [0, 0.05) is 20.6 Å². The van der Waals surface area contributed by atoms with E-state index in [1.807, 2.05) is 11.3 Å². The number of aryl methyl sites for hydroxylation is 1. The van der Waals surface area contributed by atoms with Crippen LogP contribution >= 0.6 is 27.3 Å². The zero-order chi connectivity index (χ0) is 9.97. The predicted molar refractivity (Wildman–Crippen MR) is 66.0 cm³/mol. The maximum Gasteiger partial charge on any atom is 0.0178 e. The van der Waals surface area contributed by atoms with Crippen molar-refractivity contribution in [1.82, 2.24) is 0 Å². The largest absolute Gasteiger partial charge is 0.145 e. The van der Waals surface area contributed by atoms with Gasteiger partial charge in [0.15, 0.2) is 0 Å². The smallest absolute Gasteiger partial charge is 0.0178 e. The molecule has 0 N–H and O–H groups in total. The fraction of sp³-hybridized carbons (Fsp3) is 0.167. The van der Waals surface area contributed by atoms with Crippen molar-refractivity contribution in [3.05, 3.63) is 56.2 Å². The van der Waals surface area contributed by atoms with Crippen LogP contribution in [0.2, 0.25) is 0 Å². The fourth-order valence-electron chi connectivity index (χ4n) is 1.43. The van der Waals surface area contributed by atoms with Gasteiger partial charge in [-0.25, -0.2) is 0 Å². The Morgan fingerprint density at radius 2 is 2.07 bits per heavy atom. The highest BCUT2D eigenvalue weighted by Crippen LogP contribution is 2.20. The molecule has 2 aromatic rings. The second-order valence-electron chi connectivity index (χ2n) is 3.32. The summed E-state index contributed by atoms with van der Waals surface area (Å²) in [5.41, 5.74) is 1.36. The van der Waals surface area contributed by atoms with Crippen molar-refractivity contribution in [2.24, 2.45) is 0 Å². The summed E-state index contributed by atoms with van der Waals surface area (Å²) >= 11 is 5.36. The molecule has 0 saturated carbocycles. The Bertz CT molecular complexity index is 431. The van der Waals surface area contributed by atoms with Crippen LogP contribution in [0.3, 0.4) is 0 Å². The molecule has 0 aliphatic rings.